The average molecular weight is 394 g/mol. The Morgan fingerprint density at radius 1 is 1.21 bits per heavy atom. The molecule has 120 valence electrons. The third-order valence-corrected chi connectivity index (χ3v) is 6.31. The molecule has 0 unspecified atom stereocenters. The molecule has 2 aromatic heterocycles. The first-order valence-electron chi connectivity index (χ1n) is 6.90. The molecule has 4 rings (SSSR count). The van der Waals surface area contributed by atoms with E-state index in [0.29, 0.717) is 20.4 Å². The second-order valence-electron chi connectivity index (χ2n) is 5.10. The predicted molar refractivity (Wildman–Crippen MR) is 100 cm³/mol. The minimum atomic E-state index is -0.297. The van der Waals surface area contributed by atoms with Gasteiger partial charge in [0.05, 0.1) is 36.0 Å². The van der Waals surface area contributed by atoms with Crippen LogP contribution in [0.1, 0.15) is 10.4 Å². The highest BCUT2D eigenvalue weighted by molar-refractivity contribution is 7.17. The van der Waals surface area contributed by atoms with E-state index in [1.54, 1.807) is 22.2 Å². The maximum atomic E-state index is 12.5. The second kappa shape index (κ2) is 5.97. The molecule has 0 aliphatic heterocycles. The average Bonchev–Trinajstić information content (AvgIpc) is 3.15. The standard InChI is InChI=1S/C16H9Cl2N3OS2/c1-21-14-11(5-3-9(17)13(14)18)24-16(21)20-15(22)8-2-4-10-12(6-8)23-7-19-10/h2-7H,1H3. The number of fused-ring (bicyclic) bond motifs is 2. The van der Waals surface area contributed by atoms with Crippen LogP contribution in [0.5, 0.6) is 0 Å². The number of hydrogen-bond donors (Lipinski definition) is 0. The fourth-order valence-electron chi connectivity index (χ4n) is 2.42. The van der Waals surface area contributed by atoms with Gasteiger partial charge in [0, 0.05) is 12.6 Å². The lowest BCUT2D eigenvalue weighted by molar-refractivity contribution is 0.0998. The van der Waals surface area contributed by atoms with Crippen molar-refractivity contribution in [2.45, 2.75) is 0 Å². The van der Waals surface area contributed by atoms with Crippen molar-refractivity contribution in [2.75, 3.05) is 0 Å². The van der Waals surface area contributed by atoms with Crippen molar-refractivity contribution in [3.05, 3.63) is 56.3 Å². The van der Waals surface area contributed by atoms with Gasteiger partial charge in [0.1, 0.15) is 0 Å². The van der Waals surface area contributed by atoms with E-state index in [4.69, 9.17) is 23.2 Å². The molecular weight excluding hydrogens is 385 g/mol. The van der Waals surface area contributed by atoms with E-state index >= 15 is 0 Å². The maximum absolute atomic E-state index is 12.5. The summed E-state index contributed by atoms with van der Waals surface area (Å²) >= 11 is 15.2. The van der Waals surface area contributed by atoms with Crippen LogP contribution in [0.25, 0.3) is 20.4 Å². The number of carbonyl (C=O) groups excluding carboxylic acids is 1. The van der Waals surface area contributed by atoms with Crippen molar-refractivity contribution in [2.24, 2.45) is 12.0 Å². The predicted octanol–water partition coefficient (Wildman–Crippen LogP) is 4.90. The number of amides is 1. The first kappa shape index (κ1) is 15.8. The largest absolute Gasteiger partial charge is 0.318 e. The molecule has 0 saturated heterocycles. The van der Waals surface area contributed by atoms with Gasteiger partial charge in [-0.2, -0.15) is 4.99 Å². The molecule has 0 N–H and O–H groups in total. The van der Waals surface area contributed by atoms with Crippen LogP contribution in [0, 0.1) is 0 Å². The fraction of sp³-hybridized carbons (Fsp3) is 0.0625. The van der Waals surface area contributed by atoms with Crippen molar-refractivity contribution in [3.8, 4) is 0 Å². The zero-order valence-corrected chi connectivity index (χ0v) is 15.4. The maximum Gasteiger partial charge on any atom is 0.279 e. The number of carbonyl (C=O) groups is 1. The number of hydrogen-bond acceptors (Lipinski definition) is 4. The third-order valence-electron chi connectivity index (χ3n) is 3.63. The summed E-state index contributed by atoms with van der Waals surface area (Å²) in [6, 6.07) is 9.00. The summed E-state index contributed by atoms with van der Waals surface area (Å²) in [4.78, 5) is 21.5. The van der Waals surface area contributed by atoms with Crippen LogP contribution < -0.4 is 4.80 Å². The number of aryl methyl sites for hydroxylation is 1. The number of aromatic nitrogens is 2. The SMILES string of the molecule is Cn1c(=NC(=O)c2ccc3ncsc3c2)sc2ccc(Cl)c(Cl)c21. The molecule has 0 aliphatic carbocycles. The van der Waals surface area contributed by atoms with Gasteiger partial charge in [-0.25, -0.2) is 4.98 Å². The van der Waals surface area contributed by atoms with Gasteiger partial charge in [-0.3, -0.25) is 4.79 Å². The summed E-state index contributed by atoms with van der Waals surface area (Å²) in [7, 11) is 1.82. The van der Waals surface area contributed by atoms with Gasteiger partial charge >= 0.3 is 0 Å². The van der Waals surface area contributed by atoms with Crippen LogP contribution in [-0.4, -0.2) is 15.5 Å². The minimum Gasteiger partial charge on any atom is -0.318 e. The summed E-state index contributed by atoms with van der Waals surface area (Å²) < 4.78 is 3.68. The van der Waals surface area contributed by atoms with E-state index in [-0.39, 0.29) is 5.91 Å². The smallest absolute Gasteiger partial charge is 0.279 e. The Morgan fingerprint density at radius 3 is 2.88 bits per heavy atom. The van der Waals surface area contributed by atoms with E-state index < -0.39 is 0 Å². The number of benzene rings is 2. The van der Waals surface area contributed by atoms with Gasteiger partial charge in [-0.05, 0) is 30.3 Å². The van der Waals surface area contributed by atoms with Crippen molar-refractivity contribution < 1.29 is 4.79 Å². The molecule has 0 fully saturated rings. The summed E-state index contributed by atoms with van der Waals surface area (Å²) in [5.41, 5.74) is 3.95. The highest BCUT2D eigenvalue weighted by Gasteiger charge is 2.12. The van der Waals surface area contributed by atoms with E-state index in [1.807, 2.05) is 25.2 Å². The molecule has 4 aromatic rings. The highest BCUT2D eigenvalue weighted by Crippen LogP contribution is 2.31. The molecule has 0 atom stereocenters. The Labute approximate surface area is 154 Å². The lowest BCUT2D eigenvalue weighted by atomic mass is 10.2. The first-order valence-corrected chi connectivity index (χ1v) is 9.35. The van der Waals surface area contributed by atoms with Gasteiger partial charge in [-0.1, -0.05) is 34.5 Å². The second-order valence-corrected chi connectivity index (χ2v) is 7.78. The monoisotopic (exact) mass is 393 g/mol. The first-order chi connectivity index (χ1) is 11.5. The molecule has 0 spiro atoms. The van der Waals surface area contributed by atoms with E-state index in [2.05, 4.69) is 9.98 Å². The Kier molecular flexibility index (Phi) is 3.92. The summed E-state index contributed by atoms with van der Waals surface area (Å²) in [5, 5.41) is 0.944. The third kappa shape index (κ3) is 2.56. The topological polar surface area (TPSA) is 47.2 Å². The van der Waals surface area contributed by atoms with Crippen molar-refractivity contribution in [1.82, 2.24) is 9.55 Å². The summed E-state index contributed by atoms with van der Waals surface area (Å²) in [5.74, 6) is -0.297. The molecule has 2 aromatic carbocycles. The molecule has 2 heterocycles. The van der Waals surface area contributed by atoms with E-state index in [9.17, 15) is 4.79 Å². The zero-order valence-electron chi connectivity index (χ0n) is 12.3. The number of rotatable bonds is 1. The fourth-order valence-corrected chi connectivity index (χ4v) is 4.66. The van der Waals surface area contributed by atoms with Gasteiger partial charge in [0.15, 0.2) is 4.80 Å². The highest BCUT2D eigenvalue weighted by atomic mass is 35.5. The van der Waals surface area contributed by atoms with Gasteiger partial charge in [0.25, 0.3) is 5.91 Å². The quantitative estimate of drug-likeness (QED) is 0.461. The summed E-state index contributed by atoms with van der Waals surface area (Å²) in [6.45, 7) is 0. The van der Waals surface area contributed by atoms with Gasteiger partial charge < -0.3 is 4.57 Å². The van der Waals surface area contributed by atoms with Gasteiger partial charge in [0.2, 0.25) is 0 Å². The number of thiazole rings is 2. The molecule has 0 radical (unpaired) electrons. The Morgan fingerprint density at radius 2 is 2.04 bits per heavy atom. The molecule has 0 aliphatic rings. The molecular formula is C16H9Cl2N3OS2. The molecule has 0 saturated carbocycles. The number of halogens is 2. The Balaban J connectivity index is 1.85. The Hall–Kier alpha value is -1.73. The van der Waals surface area contributed by atoms with Crippen molar-refractivity contribution in [3.63, 3.8) is 0 Å². The van der Waals surface area contributed by atoms with Gasteiger partial charge in [-0.15, -0.1) is 11.3 Å². The zero-order chi connectivity index (χ0) is 16.8. The lowest BCUT2D eigenvalue weighted by Crippen LogP contribution is -2.13. The van der Waals surface area contributed by atoms with Crippen LogP contribution in [0.15, 0.2) is 40.8 Å². The number of nitrogens with zero attached hydrogens (tertiary/aromatic N) is 3. The molecule has 8 heteroatoms. The van der Waals surface area contributed by atoms with Crippen LogP contribution in [0.2, 0.25) is 10.0 Å². The minimum absolute atomic E-state index is 0.297. The van der Waals surface area contributed by atoms with Crippen LogP contribution in [0.3, 0.4) is 0 Å². The van der Waals surface area contributed by atoms with Crippen molar-refractivity contribution >= 4 is 72.2 Å². The van der Waals surface area contributed by atoms with Crippen LogP contribution >= 0.6 is 45.9 Å². The van der Waals surface area contributed by atoms with Crippen LogP contribution in [0.4, 0.5) is 0 Å². The molecule has 0 bridgehead atoms. The Bertz CT molecular complexity index is 1170. The van der Waals surface area contributed by atoms with Crippen LogP contribution in [-0.2, 0) is 7.05 Å². The lowest BCUT2D eigenvalue weighted by Gasteiger charge is -2.00. The normalized spacial score (nSPS) is 12.4. The molecule has 24 heavy (non-hydrogen) atoms. The van der Waals surface area contributed by atoms with Crippen molar-refractivity contribution in [1.29, 1.82) is 0 Å². The molecule has 4 nitrogen and oxygen atoms in total. The van der Waals surface area contributed by atoms with E-state index in [0.717, 1.165) is 20.4 Å². The van der Waals surface area contributed by atoms with E-state index in [1.165, 1.54) is 22.7 Å². The summed E-state index contributed by atoms with van der Waals surface area (Å²) in [6.07, 6.45) is 0. The molecule has 1 amide bonds.